The first-order chi connectivity index (χ1) is 15.1. The minimum absolute atomic E-state index is 0.113. The Hall–Kier alpha value is -0.130. The summed E-state index contributed by atoms with van der Waals surface area (Å²) in [6.45, 7) is 4.89. The SMILES string of the molecule is CCCCCCCCCCCCCCCCOCCOCCOCCO[S+]([O])(=O)ON. The van der Waals surface area contributed by atoms with Gasteiger partial charge < -0.3 is 14.2 Å². The van der Waals surface area contributed by atoms with Crippen LogP contribution in [0.1, 0.15) is 96.8 Å². The zero-order valence-corrected chi connectivity index (χ0v) is 20.5. The number of rotatable bonds is 26. The van der Waals surface area contributed by atoms with Gasteiger partial charge in [-0.05, 0) is 10.7 Å². The molecule has 0 saturated heterocycles. The molecule has 0 aliphatic carbocycles. The standard InChI is InChI=1S/C22H47NO7S/c1-2-3-4-5-6-7-8-9-10-11-12-13-14-15-16-26-17-18-27-19-20-28-21-22-29-31(24,25)30-23/h2-23H2,1H3/q+1. The average molecular weight is 470 g/mol. The topological polar surface area (TPSA) is 109 Å². The van der Waals surface area contributed by atoms with E-state index in [0.717, 1.165) is 13.0 Å². The van der Waals surface area contributed by atoms with E-state index in [1.807, 2.05) is 0 Å². The highest BCUT2D eigenvalue weighted by Gasteiger charge is 2.32. The molecule has 0 saturated carbocycles. The van der Waals surface area contributed by atoms with Gasteiger partial charge in [0.25, 0.3) is 0 Å². The number of hydrogen-bond donors (Lipinski definition) is 1. The highest BCUT2D eigenvalue weighted by atomic mass is 32.3. The van der Waals surface area contributed by atoms with Crippen LogP contribution in [-0.4, -0.2) is 46.2 Å². The van der Waals surface area contributed by atoms with Crippen LogP contribution in [0, 0.1) is 0 Å². The molecular weight excluding hydrogens is 422 g/mol. The lowest BCUT2D eigenvalue weighted by molar-refractivity contribution is 0.00668. The third kappa shape index (κ3) is 26.0. The fraction of sp³-hybridized carbons (Fsp3) is 1.00. The lowest BCUT2D eigenvalue weighted by atomic mass is 10.0. The Bertz CT molecular complexity index is 402. The Labute approximate surface area is 191 Å². The lowest BCUT2D eigenvalue weighted by Crippen LogP contribution is -2.22. The van der Waals surface area contributed by atoms with Crippen LogP contribution in [0.25, 0.3) is 0 Å². The Kier molecular flexibility index (Phi) is 24.4. The molecule has 0 aromatic rings. The molecule has 0 spiro atoms. The van der Waals surface area contributed by atoms with Crippen molar-refractivity contribution in [3.8, 4) is 0 Å². The minimum Gasteiger partial charge on any atom is -0.379 e. The fourth-order valence-electron chi connectivity index (χ4n) is 3.16. The quantitative estimate of drug-likeness (QED) is 0.107. The van der Waals surface area contributed by atoms with Gasteiger partial charge in [-0.2, -0.15) is 5.90 Å². The summed E-state index contributed by atoms with van der Waals surface area (Å²) in [6.07, 6.45) is 19.0. The molecule has 1 unspecified atom stereocenters. The molecule has 1 atom stereocenters. The molecule has 0 aromatic heterocycles. The monoisotopic (exact) mass is 469 g/mol. The predicted molar refractivity (Wildman–Crippen MR) is 123 cm³/mol. The van der Waals surface area contributed by atoms with E-state index in [1.54, 1.807) is 0 Å². The summed E-state index contributed by atoms with van der Waals surface area (Å²) in [4.78, 5) is 0. The van der Waals surface area contributed by atoms with Crippen molar-refractivity contribution in [1.29, 1.82) is 0 Å². The predicted octanol–water partition coefficient (Wildman–Crippen LogP) is 5.10. The van der Waals surface area contributed by atoms with Crippen LogP contribution < -0.4 is 5.90 Å². The normalized spacial score (nSPS) is 13.5. The van der Waals surface area contributed by atoms with Gasteiger partial charge in [0.1, 0.15) is 11.2 Å². The van der Waals surface area contributed by atoms with Crippen LogP contribution in [0.3, 0.4) is 0 Å². The number of ether oxygens (including phenoxy) is 3. The van der Waals surface area contributed by atoms with Crippen molar-refractivity contribution in [2.75, 3.05) is 46.2 Å². The zero-order chi connectivity index (χ0) is 22.9. The second-order valence-electron chi connectivity index (χ2n) is 7.76. The van der Waals surface area contributed by atoms with Crippen molar-refractivity contribution in [1.82, 2.24) is 0 Å². The largest absolute Gasteiger partial charge is 0.564 e. The van der Waals surface area contributed by atoms with Crippen molar-refractivity contribution >= 4 is 10.8 Å². The Morgan fingerprint density at radius 1 is 0.548 bits per heavy atom. The van der Waals surface area contributed by atoms with Gasteiger partial charge >= 0.3 is 10.8 Å². The molecular formula is C22H47NO7S+. The summed E-state index contributed by atoms with van der Waals surface area (Å²) >= 11 is 0. The summed E-state index contributed by atoms with van der Waals surface area (Å²) < 4.78 is 45.6. The molecule has 8 nitrogen and oxygen atoms in total. The maximum atomic E-state index is 10.8. The second kappa shape index (κ2) is 24.5. The van der Waals surface area contributed by atoms with Crippen LogP contribution in [0.4, 0.5) is 0 Å². The van der Waals surface area contributed by atoms with Crippen molar-refractivity contribution in [2.24, 2.45) is 5.90 Å². The molecule has 1 radical (unpaired) electrons. The third-order valence-corrected chi connectivity index (χ3v) is 5.65. The average Bonchev–Trinajstić information content (AvgIpc) is 2.76. The maximum Gasteiger partial charge on any atom is 0.564 e. The van der Waals surface area contributed by atoms with E-state index in [1.165, 1.54) is 83.5 Å². The molecule has 0 aromatic carbocycles. The molecule has 0 bridgehead atoms. The van der Waals surface area contributed by atoms with Crippen molar-refractivity contribution < 1.29 is 31.4 Å². The fourth-order valence-corrected chi connectivity index (χ4v) is 3.49. The third-order valence-electron chi connectivity index (χ3n) is 4.96. The zero-order valence-electron chi connectivity index (χ0n) is 19.7. The van der Waals surface area contributed by atoms with Gasteiger partial charge in [0.05, 0.1) is 33.0 Å². The van der Waals surface area contributed by atoms with E-state index in [-0.39, 0.29) is 13.2 Å². The molecule has 31 heavy (non-hydrogen) atoms. The number of hydrogen-bond acceptors (Lipinski definition) is 7. The van der Waals surface area contributed by atoms with Gasteiger partial charge in [-0.25, -0.2) is 0 Å². The Balaban J connectivity index is 3.06. The highest BCUT2D eigenvalue weighted by molar-refractivity contribution is 7.88. The van der Waals surface area contributed by atoms with Gasteiger partial charge in [-0.3, -0.25) is 0 Å². The van der Waals surface area contributed by atoms with Crippen LogP contribution >= 0.6 is 0 Å². The Morgan fingerprint density at radius 2 is 0.903 bits per heavy atom. The molecule has 0 aliphatic heterocycles. The summed E-state index contributed by atoms with van der Waals surface area (Å²) in [6, 6.07) is 0. The van der Waals surface area contributed by atoms with Crippen molar-refractivity contribution in [3.05, 3.63) is 0 Å². The molecule has 0 heterocycles. The highest BCUT2D eigenvalue weighted by Crippen LogP contribution is 2.12. The molecule has 9 heteroatoms. The van der Waals surface area contributed by atoms with Gasteiger partial charge in [-0.15, -0.1) is 4.18 Å². The molecule has 0 fully saturated rings. The van der Waals surface area contributed by atoms with Crippen LogP contribution in [0.5, 0.6) is 0 Å². The molecule has 0 amide bonds. The van der Waals surface area contributed by atoms with Crippen molar-refractivity contribution in [3.63, 3.8) is 0 Å². The van der Waals surface area contributed by atoms with E-state index in [4.69, 9.17) is 14.2 Å². The summed E-state index contributed by atoms with van der Waals surface area (Å²) in [5.74, 6) is 4.52. The number of unbranched alkanes of at least 4 members (excludes halogenated alkanes) is 13. The molecule has 0 rings (SSSR count). The summed E-state index contributed by atoms with van der Waals surface area (Å²) in [7, 11) is -4.10. The van der Waals surface area contributed by atoms with E-state index in [2.05, 4.69) is 21.3 Å². The van der Waals surface area contributed by atoms with E-state index < -0.39 is 10.8 Å². The van der Waals surface area contributed by atoms with Crippen LogP contribution in [0.2, 0.25) is 0 Å². The first kappa shape index (κ1) is 30.9. The van der Waals surface area contributed by atoms with Gasteiger partial charge in [0, 0.05) is 10.8 Å². The Morgan fingerprint density at radius 3 is 1.32 bits per heavy atom. The smallest absolute Gasteiger partial charge is 0.379 e. The van der Waals surface area contributed by atoms with E-state index in [9.17, 15) is 8.76 Å². The van der Waals surface area contributed by atoms with Crippen molar-refractivity contribution in [2.45, 2.75) is 96.8 Å². The first-order valence-electron chi connectivity index (χ1n) is 12.1. The van der Waals surface area contributed by atoms with Gasteiger partial charge in [-0.1, -0.05) is 90.4 Å². The molecule has 2 N–H and O–H groups in total. The van der Waals surface area contributed by atoms with Crippen LogP contribution in [-0.2, 0) is 42.2 Å². The lowest BCUT2D eigenvalue weighted by Gasteiger charge is -2.06. The first-order valence-corrected chi connectivity index (χ1v) is 13.5. The summed E-state index contributed by atoms with van der Waals surface area (Å²) in [5, 5.41) is 0. The van der Waals surface area contributed by atoms with E-state index in [0.29, 0.717) is 26.4 Å². The van der Waals surface area contributed by atoms with Gasteiger partial charge in [0.2, 0.25) is 0 Å². The molecule has 0 aliphatic rings. The van der Waals surface area contributed by atoms with E-state index >= 15 is 0 Å². The molecule has 187 valence electrons. The van der Waals surface area contributed by atoms with Crippen LogP contribution in [0.15, 0.2) is 0 Å². The number of nitrogens with two attached hydrogens (primary N) is 1. The minimum atomic E-state index is -4.10. The summed E-state index contributed by atoms with van der Waals surface area (Å²) in [5.41, 5.74) is 0. The van der Waals surface area contributed by atoms with Gasteiger partial charge in [0.15, 0.2) is 0 Å². The second-order valence-corrected chi connectivity index (χ2v) is 9.00. The maximum absolute atomic E-state index is 10.8.